The molecule has 0 atom stereocenters. The van der Waals surface area contributed by atoms with E-state index in [1.807, 2.05) is 43.3 Å². The second kappa shape index (κ2) is 9.30. The zero-order valence-corrected chi connectivity index (χ0v) is 17.9. The van der Waals surface area contributed by atoms with Crippen molar-refractivity contribution in [3.05, 3.63) is 52.3 Å². The van der Waals surface area contributed by atoms with Crippen LogP contribution in [0, 0.1) is 16.0 Å². The van der Waals surface area contributed by atoms with Crippen molar-refractivity contribution in [3.8, 4) is 0 Å². The number of para-hydroxylation sites is 1. The number of furan rings is 1. The molecule has 0 bridgehead atoms. The van der Waals surface area contributed by atoms with Crippen molar-refractivity contribution in [3.63, 3.8) is 0 Å². The summed E-state index contributed by atoms with van der Waals surface area (Å²) < 4.78 is 5.19. The van der Waals surface area contributed by atoms with Crippen LogP contribution in [0.4, 0.5) is 17.7 Å². The lowest BCUT2D eigenvalue weighted by molar-refractivity contribution is -0.402. The Kier molecular flexibility index (Phi) is 6.31. The molecule has 1 saturated carbocycles. The lowest BCUT2D eigenvalue weighted by Crippen LogP contribution is -2.31. The number of hydrogen-bond acceptors (Lipinski definition) is 8. The van der Waals surface area contributed by atoms with Crippen molar-refractivity contribution in [2.24, 2.45) is 5.92 Å². The van der Waals surface area contributed by atoms with E-state index >= 15 is 0 Å². The van der Waals surface area contributed by atoms with E-state index in [0.29, 0.717) is 30.2 Å². The molecule has 1 aromatic carbocycles. The van der Waals surface area contributed by atoms with Gasteiger partial charge in [-0.25, -0.2) is 4.98 Å². The molecule has 0 aliphatic heterocycles. The topological polar surface area (TPSA) is 109 Å². The Labute approximate surface area is 181 Å². The number of aromatic nitrogens is 2. The van der Waals surface area contributed by atoms with Crippen molar-refractivity contribution in [1.29, 1.82) is 0 Å². The first-order chi connectivity index (χ1) is 15.0. The number of hydrogen-bond donors (Lipinski definition) is 2. The Morgan fingerprint density at radius 2 is 1.90 bits per heavy atom. The van der Waals surface area contributed by atoms with Crippen molar-refractivity contribution < 1.29 is 9.34 Å². The summed E-state index contributed by atoms with van der Waals surface area (Å²) in [6.07, 6.45) is 4.34. The van der Waals surface area contributed by atoms with Crippen LogP contribution in [-0.2, 0) is 6.54 Å². The molecule has 0 radical (unpaired) electrons. The quantitative estimate of drug-likeness (QED) is 0.413. The average Bonchev–Trinajstić information content (AvgIpc) is 3.24. The summed E-state index contributed by atoms with van der Waals surface area (Å²) in [6, 6.07) is 11.5. The minimum absolute atomic E-state index is 0.211. The summed E-state index contributed by atoms with van der Waals surface area (Å²) in [7, 11) is 4.00. The summed E-state index contributed by atoms with van der Waals surface area (Å²) in [4.78, 5) is 21.6. The fraction of sp³-hybridized carbons (Fsp3) is 0.455. The van der Waals surface area contributed by atoms with Gasteiger partial charge in [0.1, 0.15) is 16.5 Å². The van der Waals surface area contributed by atoms with Gasteiger partial charge < -0.3 is 20.0 Å². The van der Waals surface area contributed by atoms with E-state index in [1.54, 1.807) is 6.07 Å². The Hall–Kier alpha value is -3.20. The predicted octanol–water partition coefficient (Wildman–Crippen LogP) is 3.96. The molecule has 1 aliphatic carbocycles. The standard InChI is InChI=1S/C22H28N6O3/c1-27(2)21-18-5-3-4-6-19(18)25-22(26-21)24-16-9-7-15(8-10-16)13-23-14-17-11-12-20(31-17)28(29)30/h3-6,11-12,15-16,23H,7-10,13-14H2,1-2H3,(H,24,25,26)/t15-,16+. The van der Waals surface area contributed by atoms with Gasteiger partial charge in [0.15, 0.2) is 0 Å². The molecule has 2 N–H and O–H groups in total. The number of nitrogens with one attached hydrogen (secondary N) is 2. The first-order valence-corrected chi connectivity index (χ1v) is 10.6. The zero-order chi connectivity index (χ0) is 21.8. The highest BCUT2D eigenvalue weighted by Crippen LogP contribution is 2.28. The van der Waals surface area contributed by atoms with Crippen LogP contribution in [-0.4, -0.2) is 41.6 Å². The smallest absolute Gasteiger partial charge is 0.404 e. The highest BCUT2D eigenvalue weighted by atomic mass is 16.6. The highest BCUT2D eigenvalue weighted by Gasteiger charge is 2.22. The van der Waals surface area contributed by atoms with E-state index in [1.165, 1.54) is 6.07 Å². The van der Waals surface area contributed by atoms with E-state index in [2.05, 4.69) is 10.6 Å². The largest absolute Gasteiger partial charge is 0.433 e. The van der Waals surface area contributed by atoms with Crippen LogP contribution < -0.4 is 15.5 Å². The SMILES string of the molecule is CN(C)c1nc(N[C@H]2CC[C@@H](CNCc3ccc([N+](=O)[O-])o3)CC2)nc2ccccc12. The van der Waals surface area contributed by atoms with E-state index in [0.717, 1.165) is 48.9 Å². The predicted molar refractivity (Wildman–Crippen MR) is 120 cm³/mol. The van der Waals surface area contributed by atoms with Crippen LogP contribution in [0.1, 0.15) is 31.4 Å². The van der Waals surface area contributed by atoms with E-state index in [-0.39, 0.29) is 5.88 Å². The number of rotatable bonds is 8. The molecule has 1 aliphatic rings. The van der Waals surface area contributed by atoms with E-state index in [9.17, 15) is 10.1 Å². The lowest BCUT2D eigenvalue weighted by Gasteiger charge is -2.29. The summed E-state index contributed by atoms with van der Waals surface area (Å²) in [5, 5.41) is 18.6. The zero-order valence-electron chi connectivity index (χ0n) is 17.9. The van der Waals surface area contributed by atoms with Crippen molar-refractivity contribution in [2.45, 2.75) is 38.3 Å². The molecule has 31 heavy (non-hydrogen) atoms. The van der Waals surface area contributed by atoms with Gasteiger partial charge in [0, 0.05) is 25.5 Å². The fourth-order valence-electron chi connectivity index (χ4n) is 4.12. The van der Waals surface area contributed by atoms with Gasteiger partial charge in [-0.2, -0.15) is 4.98 Å². The molecule has 4 rings (SSSR count). The summed E-state index contributed by atoms with van der Waals surface area (Å²) in [5.41, 5.74) is 0.944. The second-order valence-corrected chi connectivity index (χ2v) is 8.27. The van der Waals surface area contributed by atoms with Crippen molar-refractivity contribution >= 4 is 28.6 Å². The Bertz CT molecular complexity index is 1040. The number of benzene rings is 1. The van der Waals surface area contributed by atoms with Gasteiger partial charge in [-0.15, -0.1) is 0 Å². The Morgan fingerprint density at radius 3 is 2.61 bits per heavy atom. The molecule has 2 aromatic heterocycles. The number of fused-ring (bicyclic) bond motifs is 1. The summed E-state index contributed by atoms with van der Waals surface area (Å²) in [5.74, 6) is 2.56. The second-order valence-electron chi connectivity index (χ2n) is 8.27. The maximum Gasteiger partial charge on any atom is 0.433 e. The normalized spacial score (nSPS) is 18.8. The minimum atomic E-state index is -0.515. The van der Waals surface area contributed by atoms with Gasteiger partial charge in [0.2, 0.25) is 5.95 Å². The molecule has 9 heteroatoms. The van der Waals surface area contributed by atoms with Crippen molar-refractivity contribution in [2.75, 3.05) is 30.9 Å². The van der Waals surface area contributed by atoms with Crippen LogP contribution in [0.2, 0.25) is 0 Å². The molecule has 0 unspecified atom stereocenters. The third-order valence-corrected chi connectivity index (χ3v) is 5.75. The van der Waals surface area contributed by atoms with Gasteiger partial charge >= 0.3 is 5.88 Å². The molecule has 0 spiro atoms. The molecule has 0 saturated heterocycles. The van der Waals surface area contributed by atoms with Crippen LogP contribution in [0.15, 0.2) is 40.8 Å². The van der Waals surface area contributed by atoms with Crippen LogP contribution in [0.25, 0.3) is 10.9 Å². The molecule has 1 fully saturated rings. The molecule has 3 aromatic rings. The maximum absolute atomic E-state index is 10.7. The van der Waals surface area contributed by atoms with Crippen LogP contribution in [0.5, 0.6) is 0 Å². The van der Waals surface area contributed by atoms with E-state index in [4.69, 9.17) is 14.4 Å². The van der Waals surface area contributed by atoms with Gasteiger partial charge in [-0.05, 0) is 56.3 Å². The van der Waals surface area contributed by atoms with Gasteiger partial charge in [-0.1, -0.05) is 12.1 Å². The molecular formula is C22H28N6O3. The Balaban J connectivity index is 1.27. The molecular weight excluding hydrogens is 396 g/mol. The Morgan fingerprint density at radius 1 is 1.13 bits per heavy atom. The van der Waals surface area contributed by atoms with Gasteiger partial charge in [-0.3, -0.25) is 10.1 Å². The lowest BCUT2D eigenvalue weighted by atomic mass is 9.86. The molecule has 164 valence electrons. The van der Waals surface area contributed by atoms with Crippen molar-refractivity contribution in [1.82, 2.24) is 15.3 Å². The third kappa shape index (κ3) is 5.11. The molecule has 0 amide bonds. The number of nitrogens with zero attached hydrogens (tertiary/aromatic N) is 4. The summed E-state index contributed by atoms with van der Waals surface area (Å²) in [6.45, 7) is 1.38. The summed E-state index contributed by atoms with van der Waals surface area (Å²) >= 11 is 0. The maximum atomic E-state index is 10.7. The van der Waals surface area contributed by atoms with Gasteiger partial charge in [0.25, 0.3) is 0 Å². The number of nitro groups is 1. The third-order valence-electron chi connectivity index (χ3n) is 5.75. The first kappa shape index (κ1) is 21.0. The molecule has 2 heterocycles. The molecule has 9 nitrogen and oxygen atoms in total. The van der Waals surface area contributed by atoms with Crippen LogP contribution >= 0.6 is 0 Å². The first-order valence-electron chi connectivity index (χ1n) is 10.6. The monoisotopic (exact) mass is 424 g/mol. The minimum Gasteiger partial charge on any atom is -0.404 e. The highest BCUT2D eigenvalue weighted by molar-refractivity contribution is 5.90. The average molecular weight is 425 g/mol. The van der Waals surface area contributed by atoms with Crippen LogP contribution in [0.3, 0.4) is 0 Å². The van der Waals surface area contributed by atoms with E-state index < -0.39 is 4.92 Å². The van der Waals surface area contributed by atoms with Gasteiger partial charge in [0.05, 0.1) is 18.1 Å². The fourth-order valence-corrected chi connectivity index (χ4v) is 4.12. The number of anilines is 2.